The number of aromatic nitrogens is 2. The highest BCUT2D eigenvalue weighted by atomic mass is 19.1. The third-order valence-corrected chi connectivity index (χ3v) is 2.76. The van der Waals surface area contributed by atoms with Gasteiger partial charge in [-0.15, -0.1) is 0 Å². The fourth-order valence-electron chi connectivity index (χ4n) is 1.88. The van der Waals surface area contributed by atoms with Crippen molar-refractivity contribution in [1.82, 2.24) is 14.9 Å². The van der Waals surface area contributed by atoms with Crippen LogP contribution in [0.5, 0.6) is 0 Å². The van der Waals surface area contributed by atoms with E-state index in [1.54, 1.807) is 12.1 Å². The molecule has 1 amide bonds. The van der Waals surface area contributed by atoms with Crippen LogP contribution in [0.3, 0.4) is 0 Å². The minimum absolute atomic E-state index is 0.0134. The van der Waals surface area contributed by atoms with E-state index in [-0.39, 0.29) is 11.7 Å². The van der Waals surface area contributed by atoms with Crippen molar-refractivity contribution in [2.45, 2.75) is 26.9 Å². The number of nitrogens with zero attached hydrogens (tertiary/aromatic N) is 2. The Hall–Kier alpha value is -2.17. The Morgan fingerprint density at radius 3 is 2.63 bits per heavy atom. The molecule has 3 rings (SSSR count). The average molecular weight is 261 g/mol. The average Bonchev–Trinajstić information content (AvgIpc) is 2.84. The third kappa shape index (κ3) is 2.81. The van der Waals surface area contributed by atoms with Crippen LogP contribution in [0.25, 0.3) is 11.3 Å². The molecule has 4 nitrogen and oxygen atoms in total. The van der Waals surface area contributed by atoms with Gasteiger partial charge in [0.25, 0.3) is 0 Å². The Labute approximate surface area is 111 Å². The molecule has 0 atom stereocenters. The molecule has 2 aromatic rings. The fourth-order valence-corrected chi connectivity index (χ4v) is 1.88. The zero-order valence-corrected chi connectivity index (χ0v) is 11.0. The molecule has 0 unspecified atom stereocenters. The summed E-state index contributed by atoms with van der Waals surface area (Å²) in [4.78, 5) is 15.6. The predicted molar refractivity (Wildman–Crippen MR) is 70.8 cm³/mol. The first-order chi connectivity index (χ1) is 9.22. The normalized spacial score (nSPS) is 13.1. The Morgan fingerprint density at radius 2 is 1.95 bits per heavy atom. The molecule has 19 heavy (non-hydrogen) atoms. The van der Waals surface area contributed by atoms with Crippen molar-refractivity contribution >= 4 is 5.91 Å². The first-order valence-corrected chi connectivity index (χ1v) is 6.31. The molecule has 1 aromatic carbocycles. The van der Waals surface area contributed by atoms with Gasteiger partial charge < -0.3 is 9.88 Å². The number of rotatable bonds is 1. The number of fused-ring (bicyclic) bond motifs is 1. The zero-order chi connectivity index (χ0) is 13.8. The summed E-state index contributed by atoms with van der Waals surface area (Å²) in [6.45, 7) is 4.74. The number of hydrogen-bond acceptors (Lipinski definition) is 2. The second kappa shape index (κ2) is 5.65. The topological polar surface area (TPSA) is 46.9 Å². The molecular weight excluding hydrogens is 245 g/mol. The number of amides is 1. The first-order valence-electron chi connectivity index (χ1n) is 6.31. The molecule has 0 bridgehead atoms. The van der Waals surface area contributed by atoms with Gasteiger partial charge in [-0.1, -0.05) is 13.8 Å². The first kappa shape index (κ1) is 13.3. The van der Waals surface area contributed by atoms with Crippen molar-refractivity contribution in [3.63, 3.8) is 0 Å². The summed E-state index contributed by atoms with van der Waals surface area (Å²) < 4.78 is 14.6. The summed E-state index contributed by atoms with van der Waals surface area (Å²) in [5.74, 6) is 0.541. The van der Waals surface area contributed by atoms with Crippen molar-refractivity contribution in [2.24, 2.45) is 0 Å². The van der Waals surface area contributed by atoms with E-state index in [1.807, 2.05) is 24.6 Å². The minimum atomic E-state index is -0.269. The SMILES string of the molecule is CC.O=C1Cn2cc(-c3ccc(F)cc3)nc2CN1. The Morgan fingerprint density at radius 1 is 1.26 bits per heavy atom. The number of carbonyl (C=O) groups excluding carboxylic acids is 1. The molecule has 0 spiro atoms. The van der Waals surface area contributed by atoms with Gasteiger partial charge in [-0.3, -0.25) is 4.79 Å². The Balaban J connectivity index is 0.000000637. The van der Waals surface area contributed by atoms with Gasteiger partial charge in [0.2, 0.25) is 5.91 Å². The summed E-state index contributed by atoms with van der Waals surface area (Å²) in [7, 11) is 0. The highest BCUT2D eigenvalue weighted by molar-refractivity contribution is 5.77. The molecular formula is C14H16FN3O. The maximum atomic E-state index is 12.8. The quantitative estimate of drug-likeness (QED) is 0.856. The van der Waals surface area contributed by atoms with E-state index in [0.717, 1.165) is 17.1 Å². The lowest BCUT2D eigenvalue weighted by Gasteiger charge is -2.13. The number of imidazole rings is 1. The van der Waals surface area contributed by atoms with Crippen LogP contribution < -0.4 is 5.32 Å². The molecule has 1 aliphatic heterocycles. The van der Waals surface area contributed by atoms with Crippen molar-refractivity contribution in [2.75, 3.05) is 0 Å². The van der Waals surface area contributed by atoms with Crippen molar-refractivity contribution < 1.29 is 9.18 Å². The van der Waals surface area contributed by atoms with Crippen molar-refractivity contribution in [1.29, 1.82) is 0 Å². The number of nitrogens with one attached hydrogen (secondary N) is 1. The standard InChI is InChI=1S/C12H10FN3O.C2H6/c13-9-3-1-8(2-4-9)10-6-16-7-12(17)14-5-11(16)15-10;1-2/h1-4,6H,5,7H2,(H,14,17);1-2H3. The van der Waals surface area contributed by atoms with Gasteiger partial charge in [0, 0.05) is 11.8 Å². The monoisotopic (exact) mass is 261 g/mol. The lowest BCUT2D eigenvalue weighted by molar-refractivity contribution is -0.122. The maximum absolute atomic E-state index is 12.8. The van der Waals surface area contributed by atoms with Crippen LogP contribution in [0.15, 0.2) is 30.5 Å². The van der Waals surface area contributed by atoms with Crippen LogP contribution in [0.4, 0.5) is 4.39 Å². The van der Waals surface area contributed by atoms with E-state index < -0.39 is 0 Å². The largest absolute Gasteiger partial charge is 0.347 e. The number of carbonyl (C=O) groups is 1. The van der Waals surface area contributed by atoms with E-state index in [9.17, 15) is 9.18 Å². The highest BCUT2D eigenvalue weighted by Crippen LogP contribution is 2.20. The van der Waals surface area contributed by atoms with Crippen LogP contribution in [0, 0.1) is 5.82 Å². The number of benzene rings is 1. The lowest BCUT2D eigenvalue weighted by Crippen LogP contribution is -2.33. The van der Waals surface area contributed by atoms with Crippen LogP contribution in [-0.2, 0) is 17.9 Å². The summed E-state index contributed by atoms with van der Waals surface area (Å²) in [5, 5.41) is 2.73. The summed E-state index contributed by atoms with van der Waals surface area (Å²) >= 11 is 0. The molecule has 0 fully saturated rings. The van der Waals surface area contributed by atoms with Crippen molar-refractivity contribution in [3.05, 3.63) is 42.1 Å². The summed E-state index contributed by atoms with van der Waals surface area (Å²) in [5.41, 5.74) is 1.61. The number of halogens is 1. The van der Waals surface area contributed by atoms with Gasteiger partial charge >= 0.3 is 0 Å². The molecule has 0 aliphatic carbocycles. The maximum Gasteiger partial charge on any atom is 0.240 e. The molecule has 0 saturated carbocycles. The van der Waals surface area contributed by atoms with E-state index >= 15 is 0 Å². The molecule has 1 aliphatic rings. The van der Waals surface area contributed by atoms with Crippen LogP contribution in [0.1, 0.15) is 19.7 Å². The molecule has 1 aromatic heterocycles. The molecule has 100 valence electrons. The van der Waals surface area contributed by atoms with E-state index in [2.05, 4.69) is 10.3 Å². The van der Waals surface area contributed by atoms with E-state index in [1.165, 1.54) is 12.1 Å². The minimum Gasteiger partial charge on any atom is -0.347 e. The van der Waals surface area contributed by atoms with Crippen molar-refractivity contribution in [3.8, 4) is 11.3 Å². The van der Waals surface area contributed by atoms with Crippen LogP contribution in [0.2, 0.25) is 0 Å². The van der Waals surface area contributed by atoms with Crippen LogP contribution in [-0.4, -0.2) is 15.5 Å². The molecule has 1 N–H and O–H groups in total. The van der Waals surface area contributed by atoms with Gasteiger partial charge in [-0.2, -0.15) is 0 Å². The lowest BCUT2D eigenvalue weighted by atomic mass is 10.2. The zero-order valence-electron chi connectivity index (χ0n) is 11.0. The van der Waals surface area contributed by atoms with Gasteiger partial charge in [0.15, 0.2) is 0 Å². The van der Waals surface area contributed by atoms with Gasteiger partial charge in [-0.05, 0) is 24.3 Å². The predicted octanol–water partition coefficient (Wildman–Crippen LogP) is 2.35. The van der Waals surface area contributed by atoms with E-state index in [0.29, 0.717) is 13.1 Å². The second-order valence-electron chi connectivity index (χ2n) is 3.95. The molecule has 5 heteroatoms. The van der Waals surface area contributed by atoms with Gasteiger partial charge in [0.1, 0.15) is 18.2 Å². The van der Waals surface area contributed by atoms with Gasteiger partial charge in [-0.25, -0.2) is 9.37 Å². The smallest absolute Gasteiger partial charge is 0.240 e. The molecule has 0 saturated heterocycles. The molecule has 0 radical (unpaired) electrons. The summed E-state index contributed by atoms with van der Waals surface area (Å²) in [6.07, 6.45) is 1.82. The molecule has 2 heterocycles. The fraction of sp³-hybridized carbons (Fsp3) is 0.286. The Bertz CT molecular complexity index is 575. The number of hydrogen-bond donors (Lipinski definition) is 1. The van der Waals surface area contributed by atoms with Crippen LogP contribution >= 0.6 is 0 Å². The summed E-state index contributed by atoms with van der Waals surface area (Å²) in [6, 6.07) is 6.16. The van der Waals surface area contributed by atoms with Gasteiger partial charge in [0.05, 0.1) is 12.2 Å². The Kier molecular flexibility index (Phi) is 3.94. The highest BCUT2D eigenvalue weighted by Gasteiger charge is 2.17. The second-order valence-corrected chi connectivity index (χ2v) is 3.95. The third-order valence-electron chi connectivity index (χ3n) is 2.76. The van der Waals surface area contributed by atoms with E-state index in [4.69, 9.17) is 0 Å².